The molecule has 0 bridgehead atoms. The third-order valence-corrected chi connectivity index (χ3v) is 3.66. The van der Waals surface area contributed by atoms with Crippen molar-refractivity contribution in [1.29, 1.82) is 0 Å². The minimum Gasteiger partial charge on any atom is -0.374 e. The first kappa shape index (κ1) is 12.7. The highest BCUT2D eigenvalue weighted by Crippen LogP contribution is 2.27. The molecule has 0 aliphatic heterocycles. The predicted molar refractivity (Wildman–Crippen MR) is 45.2 cm³/mol. The second-order valence-corrected chi connectivity index (χ2v) is 4.91. The molecule has 1 unspecified atom stereocenters. The van der Waals surface area contributed by atoms with Crippen LogP contribution in [0.3, 0.4) is 0 Å². The van der Waals surface area contributed by atoms with Crippen LogP contribution in [0.2, 0.25) is 6.04 Å². The third kappa shape index (κ3) is 4.44. The van der Waals surface area contributed by atoms with E-state index in [9.17, 15) is 12.9 Å². The Labute approximate surface area is 76.8 Å². The van der Waals surface area contributed by atoms with Gasteiger partial charge in [-0.05, 0) is 0 Å². The van der Waals surface area contributed by atoms with Crippen LogP contribution in [-0.4, -0.2) is 22.1 Å². The standard InChI is InChI=1S/C7H13F3O2Si/c1-4-6-13(10,11-3)12-7(8,9)5-2/h5H,2,4,6H2,1,3H3. The normalized spacial score (nSPS) is 16.7. The molecule has 0 N–H and O–H groups in total. The van der Waals surface area contributed by atoms with Gasteiger partial charge < -0.3 is 8.85 Å². The van der Waals surface area contributed by atoms with E-state index in [2.05, 4.69) is 15.4 Å². The van der Waals surface area contributed by atoms with Crippen molar-refractivity contribution in [3.05, 3.63) is 12.7 Å². The van der Waals surface area contributed by atoms with E-state index in [0.29, 0.717) is 6.42 Å². The minimum absolute atomic E-state index is 0.118. The van der Waals surface area contributed by atoms with Crippen molar-refractivity contribution in [3.63, 3.8) is 0 Å². The molecule has 0 spiro atoms. The second-order valence-electron chi connectivity index (χ2n) is 2.48. The summed E-state index contributed by atoms with van der Waals surface area (Å²) in [6, 6.07) is -0.118. The summed E-state index contributed by atoms with van der Waals surface area (Å²) in [6.45, 7) is 4.50. The Kier molecular flexibility index (Phi) is 4.66. The van der Waals surface area contributed by atoms with Gasteiger partial charge in [0.05, 0.1) is 0 Å². The average Bonchev–Trinajstić information content (AvgIpc) is 2.04. The Bertz CT molecular complexity index is 177. The molecule has 0 aliphatic rings. The number of halogens is 3. The first-order chi connectivity index (χ1) is 5.89. The number of hydrogen-bond donors (Lipinski definition) is 0. The molecule has 0 aromatic rings. The van der Waals surface area contributed by atoms with Gasteiger partial charge in [-0.15, -0.1) is 0 Å². The fraction of sp³-hybridized carbons (Fsp3) is 0.714. The van der Waals surface area contributed by atoms with E-state index < -0.39 is 15.0 Å². The van der Waals surface area contributed by atoms with Crippen molar-refractivity contribution in [2.75, 3.05) is 7.11 Å². The van der Waals surface area contributed by atoms with E-state index in [1.807, 2.05) is 0 Å². The summed E-state index contributed by atoms with van der Waals surface area (Å²) in [5, 5.41) is 0. The molecule has 0 aromatic heterocycles. The zero-order valence-electron chi connectivity index (χ0n) is 7.65. The van der Waals surface area contributed by atoms with Crippen LogP contribution in [0.1, 0.15) is 13.3 Å². The van der Waals surface area contributed by atoms with Gasteiger partial charge in [-0.3, -0.25) is 0 Å². The van der Waals surface area contributed by atoms with E-state index >= 15 is 0 Å². The van der Waals surface area contributed by atoms with E-state index in [1.165, 1.54) is 0 Å². The van der Waals surface area contributed by atoms with Crippen LogP contribution in [0.25, 0.3) is 0 Å². The molecule has 78 valence electrons. The second kappa shape index (κ2) is 4.78. The van der Waals surface area contributed by atoms with Crippen molar-refractivity contribution in [2.45, 2.75) is 25.5 Å². The van der Waals surface area contributed by atoms with E-state index in [-0.39, 0.29) is 12.1 Å². The highest BCUT2D eigenvalue weighted by Gasteiger charge is 2.46. The molecule has 0 radical (unpaired) electrons. The molecule has 13 heavy (non-hydrogen) atoms. The lowest BCUT2D eigenvalue weighted by atomic mass is 10.6. The van der Waals surface area contributed by atoms with Gasteiger partial charge in [-0.25, -0.2) is 4.11 Å². The average molecular weight is 214 g/mol. The molecule has 2 nitrogen and oxygen atoms in total. The summed E-state index contributed by atoms with van der Waals surface area (Å²) >= 11 is 0. The predicted octanol–water partition coefficient (Wildman–Crippen LogP) is 2.75. The number of hydrogen-bond acceptors (Lipinski definition) is 2. The lowest BCUT2D eigenvalue weighted by Gasteiger charge is -2.23. The van der Waals surface area contributed by atoms with Gasteiger partial charge in [0.25, 0.3) is 0 Å². The smallest absolute Gasteiger partial charge is 0.374 e. The minimum atomic E-state index is -4.20. The fourth-order valence-electron chi connectivity index (χ4n) is 0.738. The summed E-state index contributed by atoms with van der Waals surface area (Å²) in [5.41, 5.74) is 0. The quantitative estimate of drug-likeness (QED) is 0.384. The monoisotopic (exact) mass is 214 g/mol. The Balaban J connectivity index is 4.33. The summed E-state index contributed by atoms with van der Waals surface area (Å²) in [7, 11) is -3.17. The van der Waals surface area contributed by atoms with Crippen molar-refractivity contribution in [2.24, 2.45) is 0 Å². The van der Waals surface area contributed by atoms with Gasteiger partial charge in [-0.1, -0.05) is 19.9 Å². The molecule has 0 aromatic carbocycles. The first-order valence-electron chi connectivity index (χ1n) is 3.85. The first-order valence-corrected chi connectivity index (χ1v) is 5.75. The van der Waals surface area contributed by atoms with Crippen molar-refractivity contribution < 1.29 is 21.7 Å². The molecular weight excluding hydrogens is 201 g/mol. The van der Waals surface area contributed by atoms with Crippen LogP contribution in [0, 0.1) is 0 Å². The van der Waals surface area contributed by atoms with Gasteiger partial charge in [0.2, 0.25) is 0 Å². The van der Waals surface area contributed by atoms with Crippen molar-refractivity contribution in [1.82, 2.24) is 0 Å². The zero-order valence-corrected chi connectivity index (χ0v) is 8.65. The molecular formula is C7H13F3O2Si. The lowest BCUT2D eigenvalue weighted by Crippen LogP contribution is -2.42. The van der Waals surface area contributed by atoms with Crippen LogP contribution in [0.4, 0.5) is 12.9 Å². The van der Waals surface area contributed by atoms with E-state index in [1.54, 1.807) is 6.92 Å². The van der Waals surface area contributed by atoms with Crippen LogP contribution in [0.5, 0.6) is 0 Å². The molecule has 0 aliphatic carbocycles. The molecule has 0 fully saturated rings. The molecule has 1 atom stereocenters. The van der Waals surface area contributed by atoms with Crippen LogP contribution in [0.15, 0.2) is 12.7 Å². The molecule has 0 saturated heterocycles. The van der Waals surface area contributed by atoms with Gasteiger partial charge in [0.1, 0.15) is 0 Å². The highest BCUT2D eigenvalue weighted by atomic mass is 28.4. The summed E-state index contributed by atoms with van der Waals surface area (Å²) in [6.07, 6.45) is -3.00. The fourth-order valence-corrected chi connectivity index (χ4v) is 2.21. The maximum Gasteiger partial charge on any atom is 0.544 e. The summed E-state index contributed by atoms with van der Waals surface area (Å²) in [5.74, 6) is 0. The number of rotatable bonds is 6. The lowest BCUT2D eigenvalue weighted by molar-refractivity contribution is -0.159. The maximum absolute atomic E-state index is 13.4. The SMILES string of the molecule is C=CC(F)(F)O[Si](F)(CCC)OC. The largest absolute Gasteiger partial charge is 0.544 e. The Hall–Kier alpha value is -0.333. The summed E-state index contributed by atoms with van der Waals surface area (Å²) < 4.78 is 46.7. The maximum atomic E-state index is 13.4. The van der Waals surface area contributed by atoms with Crippen LogP contribution in [-0.2, 0) is 8.85 Å². The third-order valence-electron chi connectivity index (χ3n) is 1.38. The van der Waals surface area contributed by atoms with E-state index in [4.69, 9.17) is 0 Å². The van der Waals surface area contributed by atoms with Gasteiger partial charge in [0.15, 0.2) is 0 Å². The molecule has 6 heteroatoms. The van der Waals surface area contributed by atoms with Gasteiger partial charge >= 0.3 is 15.0 Å². The Morgan fingerprint density at radius 3 is 2.38 bits per heavy atom. The zero-order chi connectivity index (χ0) is 10.5. The van der Waals surface area contributed by atoms with Crippen molar-refractivity contribution in [3.8, 4) is 0 Å². The highest BCUT2D eigenvalue weighted by molar-refractivity contribution is 6.60. The van der Waals surface area contributed by atoms with Crippen LogP contribution >= 0.6 is 0 Å². The summed E-state index contributed by atoms with van der Waals surface area (Å²) in [4.78, 5) is 0. The van der Waals surface area contributed by atoms with Crippen LogP contribution < -0.4 is 0 Å². The van der Waals surface area contributed by atoms with Gasteiger partial charge in [-0.2, -0.15) is 8.78 Å². The topological polar surface area (TPSA) is 18.5 Å². The van der Waals surface area contributed by atoms with E-state index in [0.717, 1.165) is 7.11 Å². The molecule has 0 saturated carbocycles. The molecule has 0 amide bonds. The molecule has 0 heterocycles. The van der Waals surface area contributed by atoms with Gasteiger partial charge in [0, 0.05) is 19.2 Å². The Morgan fingerprint density at radius 1 is 1.54 bits per heavy atom. The van der Waals surface area contributed by atoms with Crippen molar-refractivity contribution >= 4 is 8.89 Å². The Morgan fingerprint density at radius 2 is 2.08 bits per heavy atom. The number of alkyl halides is 2. The molecule has 0 rings (SSSR count).